The van der Waals surface area contributed by atoms with E-state index in [0.29, 0.717) is 24.3 Å². The molecule has 2 aromatic carbocycles. The molecule has 0 saturated carbocycles. The zero-order valence-corrected chi connectivity index (χ0v) is 16.4. The van der Waals surface area contributed by atoms with Gasteiger partial charge in [0.05, 0.1) is 5.92 Å². The summed E-state index contributed by atoms with van der Waals surface area (Å²) in [6, 6.07) is 10.0. The highest BCUT2D eigenvalue weighted by Crippen LogP contribution is 2.34. The molecule has 1 fully saturated rings. The first-order chi connectivity index (χ1) is 13.8. The van der Waals surface area contributed by atoms with E-state index >= 15 is 0 Å². The zero-order valence-electron chi connectivity index (χ0n) is 16.4. The largest absolute Gasteiger partial charge is 0.326 e. The summed E-state index contributed by atoms with van der Waals surface area (Å²) in [5, 5.41) is 2.78. The predicted octanol–water partition coefficient (Wildman–Crippen LogP) is 3.03. The van der Waals surface area contributed by atoms with Crippen LogP contribution in [0.1, 0.15) is 24.5 Å². The van der Waals surface area contributed by atoms with E-state index in [0.717, 1.165) is 23.4 Å². The third kappa shape index (κ3) is 3.60. The van der Waals surface area contributed by atoms with Gasteiger partial charge in [-0.3, -0.25) is 14.4 Å². The van der Waals surface area contributed by atoms with Crippen molar-refractivity contribution in [2.45, 2.75) is 26.7 Å². The van der Waals surface area contributed by atoms with Crippen LogP contribution >= 0.6 is 0 Å². The van der Waals surface area contributed by atoms with Crippen LogP contribution in [-0.2, 0) is 20.8 Å². The standard InChI is InChI=1S/C22H22FN3O3/c1-13-9-17(3-5-19(13)23)24-22(29)16-11-21(28)26(12-16)18-4-6-20-15(10-18)7-8-25(20)14(2)27/h3-6,9-10,16H,7-8,11-12H2,1-2H3,(H,24,29). The van der Waals surface area contributed by atoms with Gasteiger partial charge in [-0.2, -0.15) is 0 Å². The van der Waals surface area contributed by atoms with Gasteiger partial charge in [0, 0.05) is 43.5 Å². The van der Waals surface area contributed by atoms with Gasteiger partial charge in [0.25, 0.3) is 0 Å². The van der Waals surface area contributed by atoms with Crippen molar-refractivity contribution in [2.24, 2.45) is 5.92 Å². The maximum atomic E-state index is 13.4. The normalized spacial score (nSPS) is 18.2. The summed E-state index contributed by atoms with van der Waals surface area (Å²) in [7, 11) is 0. The molecule has 2 heterocycles. The molecule has 2 aromatic rings. The quantitative estimate of drug-likeness (QED) is 0.869. The van der Waals surface area contributed by atoms with Gasteiger partial charge in [0.15, 0.2) is 0 Å². The molecule has 4 rings (SSSR count). The van der Waals surface area contributed by atoms with Crippen molar-refractivity contribution in [2.75, 3.05) is 28.2 Å². The highest BCUT2D eigenvalue weighted by atomic mass is 19.1. The Balaban J connectivity index is 1.47. The Labute approximate surface area is 168 Å². The number of nitrogens with zero attached hydrogens (tertiary/aromatic N) is 2. The van der Waals surface area contributed by atoms with Crippen LogP contribution in [0.25, 0.3) is 0 Å². The molecule has 1 N–H and O–H groups in total. The van der Waals surface area contributed by atoms with E-state index in [1.807, 2.05) is 18.2 Å². The van der Waals surface area contributed by atoms with E-state index in [4.69, 9.17) is 0 Å². The fourth-order valence-electron chi connectivity index (χ4n) is 3.98. The second kappa shape index (κ2) is 7.31. The van der Waals surface area contributed by atoms with Crippen molar-refractivity contribution in [3.63, 3.8) is 0 Å². The summed E-state index contributed by atoms with van der Waals surface area (Å²) in [5.74, 6) is -1.17. The molecule has 1 atom stereocenters. The van der Waals surface area contributed by atoms with E-state index in [-0.39, 0.29) is 30.0 Å². The molecule has 0 aromatic heterocycles. The molecule has 0 bridgehead atoms. The van der Waals surface area contributed by atoms with Crippen LogP contribution in [0.4, 0.5) is 21.5 Å². The molecule has 3 amide bonds. The molecule has 0 spiro atoms. The number of carbonyl (C=O) groups is 3. The number of hydrogen-bond donors (Lipinski definition) is 1. The van der Waals surface area contributed by atoms with Crippen LogP contribution in [0.5, 0.6) is 0 Å². The van der Waals surface area contributed by atoms with Crippen LogP contribution in [0.3, 0.4) is 0 Å². The maximum absolute atomic E-state index is 13.4. The highest BCUT2D eigenvalue weighted by molar-refractivity contribution is 6.04. The first kappa shape index (κ1) is 19.1. The number of nitrogens with one attached hydrogen (secondary N) is 1. The summed E-state index contributed by atoms with van der Waals surface area (Å²) < 4.78 is 13.4. The molecule has 6 nitrogen and oxygen atoms in total. The third-order valence-corrected chi connectivity index (χ3v) is 5.57. The minimum Gasteiger partial charge on any atom is -0.326 e. The molecule has 150 valence electrons. The SMILES string of the molecule is CC(=O)N1CCc2cc(N3CC(C(=O)Nc4ccc(F)c(C)c4)CC3=O)ccc21. The van der Waals surface area contributed by atoms with Gasteiger partial charge in [-0.05, 0) is 60.9 Å². The van der Waals surface area contributed by atoms with Crippen molar-refractivity contribution >= 4 is 34.8 Å². The topological polar surface area (TPSA) is 69.7 Å². The molecular formula is C22H22FN3O3. The Bertz CT molecular complexity index is 1020. The number of fused-ring (bicyclic) bond motifs is 1. The number of aryl methyl sites for hydroxylation is 1. The van der Waals surface area contributed by atoms with Crippen molar-refractivity contribution in [1.82, 2.24) is 0 Å². The number of anilines is 3. The summed E-state index contributed by atoms with van der Waals surface area (Å²) in [4.78, 5) is 40.2. The van der Waals surface area contributed by atoms with Gasteiger partial charge < -0.3 is 15.1 Å². The lowest BCUT2D eigenvalue weighted by Gasteiger charge is -2.19. The number of amides is 3. The first-order valence-electron chi connectivity index (χ1n) is 9.62. The van der Waals surface area contributed by atoms with Gasteiger partial charge in [0.2, 0.25) is 17.7 Å². The Morgan fingerprint density at radius 1 is 1.17 bits per heavy atom. The van der Waals surface area contributed by atoms with E-state index in [9.17, 15) is 18.8 Å². The number of benzene rings is 2. The van der Waals surface area contributed by atoms with Gasteiger partial charge in [-0.1, -0.05) is 0 Å². The molecule has 1 unspecified atom stereocenters. The van der Waals surface area contributed by atoms with Gasteiger partial charge in [-0.15, -0.1) is 0 Å². The highest BCUT2D eigenvalue weighted by Gasteiger charge is 2.36. The lowest BCUT2D eigenvalue weighted by Crippen LogP contribution is -2.28. The van der Waals surface area contributed by atoms with Gasteiger partial charge in [0.1, 0.15) is 5.82 Å². The van der Waals surface area contributed by atoms with E-state index in [2.05, 4.69) is 5.32 Å². The Morgan fingerprint density at radius 2 is 1.97 bits per heavy atom. The van der Waals surface area contributed by atoms with Crippen molar-refractivity contribution in [1.29, 1.82) is 0 Å². The third-order valence-electron chi connectivity index (χ3n) is 5.57. The van der Waals surface area contributed by atoms with Crippen molar-refractivity contribution in [3.05, 3.63) is 53.3 Å². The molecule has 1 saturated heterocycles. The molecule has 2 aliphatic heterocycles. The van der Waals surface area contributed by atoms with Crippen LogP contribution in [0.15, 0.2) is 36.4 Å². The average molecular weight is 395 g/mol. The second-order valence-corrected chi connectivity index (χ2v) is 7.59. The van der Waals surface area contributed by atoms with Crippen LogP contribution in [0, 0.1) is 18.7 Å². The summed E-state index contributed by atoms with van der Waals surface area (Å²) >= 11 is 0. The van der Waals surface area contributed by atoms with Crippen molar-refractivity contribution < 1.29 is 18.8 Å². The number of hydrogen-bond acceptors (Lipinski definition) is 3. The monoisotopic (exact) mass is 395 g/mol. The lowest BCUT2D eigenvalue weighted by atomic mass is 10.1. The minimum absolute atomic E-state index is 0.00140. The first-order valence-corrected chi connectivity index (χ1v) is 9.62. The number of carbonyl (C=O) groups excluding carboxylic acids is 3. The lowest BCUT2D eigenvalue weighted by molar-refractivity contribution is -0.122. The van der Waals surface area contributed by atoms with E-state index in [1.165, 1.54) is 12.1 Å². The fraction of sp³-hybridized carbons (Fsp3) is 0.318. The molecule has 29 heavy (non-hydrogen) atoms. The fourth-order valence-corrected chi connectivity index (χ4v) is 3.98. The number of halogens is 1. The molecule has 0 aliphatic carbocycles. The minimum atomic E-state index is -0.477. The second-order valence-electron chi connectivity index (χ2n) is 7.59. The number of rotatable bonds is 3. The Morgan fingerprint density at radius 3 is 2.69 bits per heavy atom. The van der Waals surface area contributed by atoms with Crippen LogP contribution in [-0.4, -0.2) is 30.8 Å². The van der Waals surface area contributed by atoms with E-state index in [1.54, 1.807) is 29.7 Å². The molecule has 0 radical (unpaired) electrons. The van der Waals surface area contributed by atoms with Gasteiger partial charge >= 0.3 is 0 Å². The predicted molar refractivity (Wildman–Crippen MR) is 108 cm³/mol. The molecule has 2 aliphatic rings. The van der Waals surface area contributed by atoms with Crippen molar-refractivity contribution in [3.8, 4) is 0 Å². The molecule has 7 heteroatoms. The molecular weight excluding hydrogens is 373 g/mol. The maximum Gasteiger partial charge on any atom is 0.229 e. The smallest absolute Gasteiger partial charge is 0.229 e. The van der Waals surface area contributed by atoms with Crippen LogP contribution < -0.4 is 15.1 Å². The van der Waals surface area contributed by atoms with E-state index < -0.39 is 5.92 Å². The van der Waals surface area contributed by atoms with Crippen LogP contribution in [0.2, 0.25) is 0 Å². The summed E-state index contributed by atoms with van der Waals surface area (Å²) in [6.07, 6.45) is 0.876. The van der Waals surface area contributed by atoms with Gasteiger partial charge in [-0.25, -0.2) is 4.39 Å². The average Bonchev–Trinajstić information content (AvgIpc) is 3.27. The summed E-state index contributed by atoms with van der Waals surface area (Å²) in [5.41, 5.74) is 3.62. The summed E-state index contributed by atoms with van der Waals surface area (Å²) in [6.45, 7) is 4.11. The Kier molecular flexibility index (Phi) is 4.82. The zero-order chi connectivity index (χ0) is 20.7. The Hall–Kier alpha value is -3.22.